The zero-order valence-electron chi connectivity index (χ0n) is 12.2. The van der Waals surface area contributed by atoms with Crippen LogP contribution in [-0.2, 0) is 0 Å². The molecule has 0 bridgehead atoms. The molecule has 0 spiro atoms. The van der Waals surface area contributed by atoms with Gasteiger partial charge in [0.2, 0.25) is 0 Å². The molecule has 0 aliphatic rings. The predicted molar refractivity (Wildman–Crippen MR) is 80.6 cm³/mol. The Morgan fingerprint density at radius 1 is 1.10 bits per heavy atom. The lowest BCUT2D eigenvalue weighted by Gasteiger charge is -2.26. The van der Waals surface area contributed by atoms with Gasteiger partial charge in [0, 0.05) is 15.8 Å². The van der Waals surface area contributed by atoms with Gasteiger partial charge in [0.15, 0.2) is 0 Å². The summed E-state index contributed by atoms with van der Waals surface area (Å²) in [6.45, 7) is 5.68. The van der Waals surface area contributed by atoms with Gasteiger partial charge < -0.3 is 0 Å². The van der Waals surface area contributed by atoms with Crippen LogP contribution in [0, 0.1) is 13.8 Å². The van der Waals surface area contributed by atoms with E-state index in [2.05, 4.69) is 5.32 Å². The van der Waals surface area contributed by atoms with E-state index in [4.69, 9.17) is 0 Å². The second-order valence-electron chi connectivity index (χ2n) is 5.14. The van der Waals surface area contributed by atoms with Crippen molar-refractivity contribution in [3.05, 3.63) is 57.3 Å². The Hall–Kier alpha value is -1.33. The number of thiophene rings is 1. The van der Waals surface area contributed by atoms with Crippen molar-refractivity contribution in [1.29, 1.82) is 0 Å². The minimum atomic E-state index is -4.32. The fraction of sp³-hybridized carbons (Fsp3) is 0.375. The molecule has 0 radical (unpaired) electrons. The van der Waals surface area contributed by atoms with E-state index in [0.29, 0.717) is 0 Å². The van der Waals surface area contributed by atoms with Crippen LogP contribution in [0.3, 0.4) is 0 Å². The summed E-state index contributed by atoms with van der Waals surface area (Å²) < 4.78 is 40.0. The first-order chi connectivity index (χ1) is 9.79. The van der Waals surface area contributed by atoms with Crippen LogP contribution in [0.25, 0.3) is 0 Å². The molecule has 21 heavy (non-hydrogen) atoms. The van der Waals surface area contributed by atoms with Crippen molar-refractivity contribution in [2.45, 2.75) is 39.0 Å². The number of aryl methyl sites for hydroxylation is 2. The van der Waals surface area contributed by atoms with Gasteiger partial charge in [0.05, 0.1) is 0 Å². The van der Waals surface area contributed by atoms with Gasteiger partial charge in [0.25, 0.3) is 0 Å². The molecule has 0 aliphatic heterocycles. The lowest BCUT2D eigenvalue weighted by molar-refractivity contribution is -0.159. The summed E-state index contributed by atoms with van der Waals surface area (Å²) in [6.07, 6.45) is -4.32. The Morgan fingerprint density at radius 2 is 1.71 bits per heavy atom. The normalized spacial score (nSPS) is 15.0. The maximum absolute atomic E-state index is 13.3. The molecule has 1 N–H and O–H groups in total. The van der Waals surface area contributed by atoms with Crippen LogP contribution in [0.2, 0.25) is 0 Å². The minimum absolute atomic E-state index is 0.237. The van der Waals surface area contributed by atoms with Gasteiger partial charge in [-0.15, -0.1) is 11.3 Å². The molecule has 0 saturated heterocycles. The zero-order valence-corrected chi connectivity index (χ0v) is 13.0. The number of nitrogens with one attached hydrogen (secondary N) is 1. The lowest BCUT2D eigenvalue weighted by atomic mass is 10.0. The third kappa shape index (κ3) is 3.86. The first-order valence-corrected chi connectivity index (χ1v) is 7.55. The Kier molecular flexibility index (Phi) is 4.74. The number of rotatable bonds is 4. The zero-order chi connectivity index (χ0) is 15.6. The lowest BCUT2D eigenvalue weighted by Crippen LogP contribution is -2.35. The molecule has 114 valence electrons. The predicted octanol–water partition coefficient (Wildman–Crippen LogP) is 5.32. The summed E-state index contributed by atoms with van der Waals surface area (Å²) in [6, 6.07) is 7.91. The molecule has 0 aliphatic carbocycles. The van der Waals surface area contributed by atoms with Crippen LogP contribution >= 0.6 is 11.3 Å². The van der Waals surface area contributed by atoms with E-state index >= 15 is 0 Å². The standard InChI is InChI=1S/C16H18F3NS/c1-10-9-14(12(3)21-10)11(2)20-15(16(17,18)19)13-7-5-4-6-8-13/h4-9,11,15,20H,1-3H3. The third-order valence-corrected chi connectivity index (χ3v) is 4.40. The van der Waals surface area contributed by atoms with Crippen LogP contribution in [0.1, 0.15) is 39.9 Å². The highest BCUT2D eigenvalue weighted by Gasteiger charge is 2.41. The molecule has 1 heterocycles. The molecule has 2 atom stereocenters. The smallest absolute Gasteiger partial charge is 0.296 e. The molecule has 0 fully saturated rings. The minimum Gasteiger partial charge on any atom is -0.296 e. The number of halogens is 3. The van der Waals surface area contributed by atoms with E-state index in [1.807, 2.05) is 19.9 Å². The van der Waals surface area contributed by atoms with Crippen molar-refractivity contribution in [3.63, 3.8) is 0 Å². The molecule has 0 amide bonds. The van der Waals surface area contributed by atoms with E-state index in [1.54, 1.807) is 36.5 Å². The highest BCUT2D eigenvalue weighted by atomic mass is 32.1. The van der Waals surface area contributed by atoms with Crippen LogP contribution in [-0.4, -0.2) is 6.18 Å². The van der Waals surface area contributed by atoms with Gasteiger partial charge in [-0.05, 0) is 38.0 Å². The molecule has 0 saturated carbocycles. The first kappa shape index (κ1) is 16.0. The van der Waals surface area contributed by atoms with Gasteiger partial charge >= 0.3 is 6.18 Å². The second kappa shape index (κ2) is 6.20. The quantitative estimate of drug-likeness (QED) is 0.805. The van der Waals surface area contributed by atoms with Gasteiger partial charge in [-0.3, -0.25) is 5.32 Å². The average Bonchev–Trinajstić information content (AvgIpc) is 2.74. The monoisotopic (exact) mass is 313 g/mol. The van der Waals surface area contributed by atoms with Crippen LogP contribution in [0.5, 0.6) is 0 Å². The van der Waals surface area contributed by atoms with Crippen molar-refractivity contribution >= 4 is 11.3 Å². The van der Waals surface area contributed by atoms with Crippen LogP contribution in [0.15, 0.2) is 36.4 Å². The van der Waals surface area contributed by atoms with Crippen molar-refractivity contribution in [3.8, 4) is 0 Å². The molecule has 2 rings (SSSR count). The molecule has 1 aromatic carbocycles. The number of benzene rings is 1. The van der Waals surface area contributed by atoms with Gasteiger partial charge in [0.1, 0.15) is 6.04 Å². The summed E-state index contributed by atoms with van der Waals surface area (Å²) in [5.41, 5.74) is 1.17. The molecule has 2 unspecified atom stereocenters. The maximum Gasteiger partial charge on any atom is 0.407 e. The molecular weight excluding hydrogens is 295 g/mol. The van der Waals surface area contributed by atoms with E-state index in [-0.39, 0.29) is 11.6 Å². The van der Waals surface area contributed by atoms with Crippen LogP contribution < -0.4 is 5.32 Å². The molecule has 1 aromatic heterocycles. The third-order valence-electron chi connectivity index (χ3n) is 3.42. The summed E-state index contributed by atoms with van der Waals surface area (Å²) in [5, 5.41) is 2.73. The largest absolute Gasteiger partial charge is 0.407 e. The van der Waals surface area contributed by atoms with Crippen molar-refractivity contribution in [2.75, 3.05) is 0 Å². The maximum atomic E-state index is 13.3. The first-order valence-electron chi connectivity index (χ1n) is 6.73. The van der Waals surface area contributed by atoms with Crippen LogP contribution in [0.4, 0.5) is 13.2 Å². The van der Waals surface area contributed by atoms with E-state index in [9.17, 15) is 13.2 Å². The summed E-state index contributed by atoms with van der Waals surface area (Å²) in [7, 11) is 0. The molecule has 1 nitrogen and oxygen atoms in total. The number of hydrogen-bond donors (Lipinski definition) is 1. The molecule has 5 heteroatoms. The fourth-order valence-corrected chi connectivity index (χ4v) is 3.47. The van der Waals surface area contributed by atoms with Crippen molar-refractivity contribution in [2.24, 2.45) is 0 Å². The summed E-state index contributed by atoms with van der Waals surface area (Å²) >= 11 is 1.61. The molecular formula is C16H18F3NS. The highest BCUT2D eigenvalue weighted by Crippen LogP contribution is 2.36. The van der Waals surface area contributed by atoms with Gasteiger partial charge in [-0.1, -0.05) is 30.3 Å². The second-order valence-corrected chi connectivity index (χ2v) is 6.60. The Morgan fingerprint density at radius 3 is 2.19 bits per heavy atom. The van der Waals surface area contributed by atoms with Crippen molar-refractivity contribution in [1.82, 2.24) is 5.32 Å². The topological polar surface area (TPSA) is 12.0 Å². The fourth-order valence-electron chi connectivity index (χ4n) is 2.45. The van der Waals surface area contributed by atoms with E-state index in [0.717, 1.165) is 15.3 Å². The average molecular weight is 313 g/mol. The van der Waals surface area contributed by atoms with Gasteiger partial charge in [-0.2, -0.15) is 13.2 Å². The summed E-state index contributed by atoms with van der Waals surface area (Å²) in [5.74, 6) is 0. The van der Waals surface area contributed by atoms with E-state index < -0.39 is 12.2 Å². The Bertz CT molecular complexity index is 589. The van der Waals surface area contributed by atoms with Gasteiger partial charge in [-0.25, -0.2) is 0 Å². The highest BCUT2D eigenvalue weighted by molar-refractivity contribution is 7.12. The Labute approximate surface area is 126 Å². The SMILES string of the molecule is Cc1cc(C(C)NC(c2ccccc2)C(F)(F)F)c(C)s1. The van der Waals surface area contributed by atoms with E-state index in [1.165, 1.54) is 12.1 Å². The number of hydrogen-bond acceptors (Lipinski definition) is 2. The summed E-state index contributed by atoms with van der Waals surface area (Å²) in [4.78, 5) is 2.17. The molecule has 2 aromatic rings. The number of alkyl halides is 3. The van der Waals surface area contributed by atoms with Crippen molar-refractivity contribution < 1.29 is 13.2 Å². The Balaban J connectivity index is 2.26.